The SMILES string of the molecule is CCOc1nnc(O[C@@H]2C[C@H]3C(=O)C[C@]4(C(=O)NS(=O)(=O)C5(C)CC5)C[C@H]4/C=C\CC[C@@H](C)C[C@@H](CC)[C@H](CC(=O)OC(C)(C)C(C)(F)F)C(=O)N3C2)c2ccccc12. The van der Waals surface area contributed by atoms with Gasteiger partial charge in [0, 0.05) is 19.8 Å². The molecule has 0 unspecified atom stereocenters. The van der Waals surface area contributed by atoms with Gasteiger partial charge in [-0.1, -0.05) is 44.6 Å². The monoisotopic (exact) mass is 844 g/mol. The Hall–Kier alpha value is -4.21. The number of alkyl halides is 2. The number of nitrogens with zero attached hydrogens (tertiary/aromatic N) is 3. The number of ether oxygens (including phenoxy) is 3. The average molecular weight is 845 g/mol. The predicted octanol–water partition coefficient (Wildman–Crippen LogP) is 6.73. The van der Waals surface area contributed by atoms with Crippen LogP contribution in [-0.4, -0.2) is 88.7 Å². The average Bonchev–Trinajstić information content (AvgIpc) is 4.04. The molecule has 0 radical (unpaired) electrons. The molecule has 13 nitrogen and oxygen atoms in total. The molecular formula is C43H58F2N4O9S. The molecule has 2 saturated carbocycles. The van der Waals surface area contributed by atoms with Gasteiger partial charge in [-0.05, 0) is 96.1 Å². The first-order chi connectivity index (χ1) is 27.6. The van der Waals surface area contributed by atoms with Crippen molar-refractivity contribution < 1.29 is 50.6 Å². The zero-order valence-electron chi connectivity index (χ0n) is 35.1. The fourth-order valence-corrected chi connectivity index (χ4v) is 9.81. The molecule has 7 atom stereocenters. The molecule has 1 aromatic carbocycles. The molecule has 1 N–H and O–H groups in total. The third-order valence-electron chi connectivity index (χ3n) is 13.1. The first kappa shape index (κ1) is 44.3. The molecule has 6 rings (SSSR count). The van der Waals surface area contributed by atoms with Crippen molar-refractivity contribution in [1.82, 2.24) is 19.8 Å². The maximum absolute atomic E-state index is 15.1. The number of rotatable bonds is 12. The maximum Gasteiger partial charge on any atom is 0.307 e. The van der Waals surface area contributed by atoms with Crippen LogP contribution in [0.2, 0.25) is 0 Å². The highest BCUT2D eigenvalue weighted by molar-refractivity contribution is 7.91. The lowest BCUT2D eigenvalue weighted by Gasteiger charge is -2.35. The molecule has 1 aromatic heterocycles. The van der Waals surface area contributed by atoms with E-state index in [1.54, 1.807) is 19.1 Å². The lowest BCUT2D eigenvalue weighted by Crippen LogP contribution is -2.49. The number of allylic oxidation sites excluding steroid dienone is 2. The van der Waals surface area contributed by atoms with Gasteiger partial charge in [-0.25, -0.2) is 17.2 Å². The van der Waals surface area contributed by atoms with E-state index >= 15 is 4.79 Å². The second-order valence-electron chi connectivity index (χ2n) is 18.0. The summed E-state index contributed by atoms with van der Waals surface area (Å²) < 4.78 is 74.3. The molecule has 0 spiro atoms. The van der Waals surface area contributed by atoms with Crippen molar-refractivity contribution in [2.24, 2.45) is 29.1 Å². The lowest BCUT2D eigenvalue weighted by molar-refractivity contribution is -0.197. The molecule has 59 heavy (non-hydrogen) atoms. The number of halogens is 2. The molecule has 3 heterocycles. The molecule has 2 aliphatic heterocycles. The van der Waals surface area contributed by atoms with Crippen molar-refractivity contribution in [3.63, 3.8) is 0 Å². The van der Waals surface area contributed by atoms with Crippen LogP contribution in [0.5, 0.6) is 11.8 Å². The van der Waals surface area contributed by atoms with Crippen LogP contribution in [-0.2, 0) is 33.9 Å². The highest BCUT2D eigenvalue weighted by atomic mass is 32.2. The van der Waals surface area contributed by atoms with Gasteiger partial charge in [-0.2, -0.15) is 0 Å². The summed E-state index contributed by atoms with van der Waals surface area (Å²) in [5.74, 6) is -7.33. The molecule has 3 fully saturated rings. The van der Waals surface area contributed by atoms with Crippen molar-refractivity contribution >= 4 is 44.4 Å². The largest absolute Gasteiger partial charge is 0.476 e. The number of carbonyl (C=O) groups is 4. The summed E-state index contributed by atoms with van der Waals surface area (Å²) in [5, 5.41) is 9.76. The van der Waals surface area contributed by atoms with Crippen molar-refractivity contribution in [3.8, 4) is 11.8 Å². The molecule has 0 bridgehead atoms. The van der Waals surface area contributed by atoms with E-state index in [0.29, 0.717) is 68.7 Å². The van der Waals surface area contributed by atoms with E-state index in [4.69, 9.17) is 14.2 Å². The first-order valence-electron chi connectivity index (χ1n) is 20.9. The van der Waals surface area contributed by atoms with Crippen LogP contribution in [0, 0.1) is 29.1 Å². The molecule has 2 amide bonds. The number of Topliss-reactive ketones (excluding diaryl/α,β-unsaturated/α-hetero) is 1. The number of aromatic nitrogens is 2. The fraction of sp³-hybridized carbons (Fsp3) is 0.674. The fourth-order valence-electron chi connectivity index (χ4n) is 8.48. The minimum absolute atomic E-state index is 0.00180. The Bertz CT molecular complexity index is 2090. The van der Waals surface area contributed by atoms with E-state index in [2.05, 4.69) is 14.9 Å². The summed E-state index contributed by atoms with van der Waals surface area (Å²) in [5.41, 5.74) is -3.50. The van der Waals surface area contributed by atoms with Gasteiger partial charge >= 0.3 is 5.97 Å². The summed E-state index contributed by atoms with van der Waals surface area (Å²) in [6, 6.07) is 6.10. The van der Waals surface area contributed by atoms with Crippen molar-refractivity contribution in [2.75, 3.05) is 13.2 Å². The molecule has 1 saturated heterocycles. The van der Waals surface area contributed by atoms with Gasteiger partial charge in [-0.15, -0.1) is 10.2 Å². The zero-order valence-corrected chi connectivity index (χ0v) is 35.9. The molecular weight excluding hydrogens is 787 g/mol. The van der Waals surface area contributed by atoms with Crippen molar-refractivity contribution in [1.29, 1.82) is 0 Å². The van der Waals surface area contributed by atoms with E-state index < -0.39 is 85.7 Å². The van der Waals surface area contributed by atoms with Crippen LogP contribution in [0.3, 0.4) is 0 Å². The number of sulfonamides is 1. The minimum Gasteiger partial charge on any atom is -0.476 e. The smallest absolute Gasteiger partial charge is 0.307 e. The Morgan fingerprint density at radius 2 is 1.69 bits per heavy atom. The summed E-state index contributed by atoms with van der Waals surface area (Å²) in [6.45, 7) is 10.5. The zero-order chi connectivity index (χ0) is 43.1. The molecule has 2 aromatic rings. The Balaban J connectivity index is 1.37. The van der Waals surface area contributed by atoms with Crippen LogP contribution in [0.4, 0.5) is 8.78 Å². The van der Waals surface area contributed by atoms with Crippen LogP contribution in [0.25, 0.3) is 10.8 Å². The van der Waals surface area contributed by atoms with Crippen molar-refractivity contribution in [2.45, 2.75) is 141 Å². The second-order valence-corrected chi connectivity index (χ2v) is 20.2. The van der Waals surface area contributed by atoms with Gasteiger partial charge in [0.05, 0.1) is 52.5 Å². The number of ketones is 1. The Kier molecular flexibility index (Phi) is 12.5. The number of benzene rings is 1. The molecule has 324 valence electrons. The highest BCUT2D eigenvalue weighted by Crippen LogP contribution is 2.58. The van der Waals surface area contributed by atoms with E-state index in [1.165, 1.54) is 4.90 Å². The predicted molar refractivity (Wildman–Crippen MR) is 215 cm³/mol. The van der Waals surface area contributed by atoms with Crippen LogP contribution >= 0.6 is 0 Å². The van der Waals surface area contributed by atoms with Gasteiger partial charge in [0.25, 0.3) is 5.92 Å². The van der Waals surface area contributed by atoms with E-state index in [0.717, 1.165) is 13.8 Å². The summed E-state index contributed by atoms with van der Waals surface area (Å²) >= 11 is 0. The number of esters is 1. The Morgan fingerprint density at radius 3 is 2.32 bits per heavy atom. The van der Waals surface area contributed by atoms with E-state index in [1.807, 2.05) is 45.1 Å². The first-order valence-corrected chi connectivity index (χ1v) is 22.3. The number of carbonyl (C=O) groups excluding carboxylic acids is 4. The van der Waals surface area contributed by atoms with Crippen LogP contribution in [0.15, 0.2) is 36.4 Å². The second kappa shape index (κ2) is 16.7. The van der Waals surface area contributed by atoms with Crippen LogP contribution in [0.1, 0.15) is 113 Å². The molecule has 2 aliphatic carbocycles. The van der Waals surface area contributed by atoms with Crippen molar-refractivity contribution in [3.05, 3.63) is 36.4 Å². The highest BCUT2D eigenvalue weighted by Gasteiger charge is 2.63. The molecule has 4 aliphatic rings. The number of hydrogen-bond donors (Lipinski definition) is 1. The Morgan fingerprint density at radius 1 is 1.03 bits per heavy atom. The normalized spacial score (nSPS) is 29.3. The molecule has 16 heteroatoms. The summed E-state index contributed by atoms with van der Waals surface area (Å²) in [4.78, 5) is 58.8. The van der Waals surface area contributed by atoms with E-state index in [-0.39, 0.29) is 43.5 Å². The number of hydrogen-bond acceptors (Lipinski definition) is 11. The third-order valence-corrected chi connectivity index (χ3v) is 15.3. The van der Waals surface area contributed by atoms with Gasteiger partial charge < -0.3 is 19.1 Å². The number of amides is 2. The lowest BCUT2D eigenvalue weighted by atomic mass is 9.79. The topological polar surface area (TPSA) is 171 Å². The maximum atomic E-state index is 15.1. The quantitative estimate of drug-likeness (QED) is 0.178. The summed E-state index contributed by atoms with van der Waals surface area (Å²) in [6.07, 6.45) is 5.68. The number of nitrogens with one attached hydrogen (secondary N) is 1. The van der Waals surface area contributed by atoms with E-state index in [9.17, 15) is 31.6 Å². The Labute approximate surface area is 345 Å². The van der Waals surface area contributed by atoms with Gasteiger partial charge in [-0.3, -0.25) is 23.9 Å². The summed E-state index contributed by atoms with van der Waals surface area (Å²) in [7, 11) is -4.01. The van der Waals surface area contributed by atoms with Crippen LogP contribution < -0.4 is 14.2 Å². The number of fused-ring (bicyclic) bond motifs is 3. The van der Waals surface area contributed by atoms with Gasteiger partial charge in [0.2, 0.25) is 33.6 Å². The minimum atomic E-state index is -4.01. The van der Waals surface area contributed by atoms with Gasteiger partial charge in [0.15, 0.2) is 11.4 Å². The third kappa shape index (κ3) is 9.26. The standard InChI is InChI=1S/C43H58F2N4O9S/c1-8-27-20-26(3)14-10-11-15-28-23-43(28,39(53)48-59(54,55)41(6)18-19-41)24-34(50)33-21-29(57-37-31-17-13-12-16-30(31)36(46-47-37)56-9-2)25-49(33)38(52)32(27)22-35(51)58-40(4,5)42(7,44)45/h11-13,15-17,26-29,32-33H,8-10,14,18-25H2,1-7H3,(H,48,53)/b15-11-/t26-,27-,28-,29-,32+,33+,43-/m1/s1. The van der Waals surface area contributed by atoms with Gasteiger partial charge in [0.1, 0.15) is 6.10 Å².